The maximum atomic E-state index is 11.9. The van der Waals surface area contributed by atoms with Gasteiger partial charge < -0.3 is 19.9 Å². The van der Waals surface area contributed by atoms with Crippen LogP contribution in [-0.2, 0) is 9.53 Å². The number of rotatable bonds is 7. The van der Waals surface area contributed by atoms with Gasteiger partial charge in [0.1, 0.15) is 6.10 Å². The van der Waals surface area contributed by atoms with E-state index in [1.807, 2.05) is 0 Å². The van der Waals surface area contributed by atoms with Crippen LogP contribution in [-0.4, -0.2) is 47.8 Å². The fourth-order valence-electron chi connectivity index (χ4n) is 2.32. The molecule has 22 heavy (non-hydrogen) atoms. The van der Waals surface area contributed by atoms with E-state index in [0.717, 1.165) is 12.8 Å². The molecule has 1 aliphatic rings. The number of ether oxygens (including phenoxy) is 2. The molecule has 7 nitrogen and oxygen atoms in total. The third-order valence-electron chi connectivity index (χ3n) is 3.60. The summed E-state index contributed by atoms with van der Waals surface area (Å²) in [4.78, 5) is 26.8. The van der Waals surface area contributed by atoms with Crippen molar-refractivity contribution in [2.75, 3.05) is 13.7 Å². The van der Waals surface area contributed by atoms with Crippen LogP contribution < -0.4 is 10.1 Å². The minimum absolute atomic E-state index is 0.106. The number of carboxylic acid groups (broad SMARTS) is 1. The maximum Gasteiger partial charge on any atom is 0.334 e. The zero-order chi connectivity index (χ0) is 15.9. The molecule has 0 radical (unpaired) electrons. The van der Waals surface area contributed by atoms with Gasteiger partial charge in [-0.3, -0.25) is 4.79 Å². The zero-order valence-electron chi connectivity index (χ0n) is 12.4. The molecule has 2 rings (SSSR count). The van der Waals surface area contributed by atoms with Gasteiger partial charge in [0, 0.05) is 19.4 Å². The predicted molar refractivity (Wildman–Crippen MR) is 77.9 cm³/mol. The van der Waals surface area contributed by atoms with Crippen LogP contribution in [0.15, 0.2) is 18.3 Å². The van der Waals surface area contributed by atoms with Gasteiger partial charge in [-0.1, -0.05) is 0 Å². The number of hydrogen-bond acceptors (Lipinski definition) is 5. The quantitative estimate of drug-likeness (QED) is 0.786. The van der Waals surface area contributed by atoms with Gasteiger partial charge in [0.2, 0.25) is 5.88 Å². The Kier molecular flexibility index (Phi) is 5.71. The van der Waals surface area contributed by atoms with Crippen LogP contribution in [0.2, 0.25) is 0 Å². The Bertz CT molecular complexity index is 511. The van der Waals surface area contributed by atoms with Gasteiger partial charge in [-0.05, 0) is 31.7 Å². The highest BCUT2D eigenvalue weighted by Gasteiger charge is 2.19. The lowest BCUT2D eigenvalue weighted by atomic mass is 10.2. The van der Waals surface area contributed by atoms with Crippen LogP contribution in [0.25, 0.3) is 0 Å². The Balaban J connectivity index is 1.86. The topological polar surface area (TPSA) is 97.8 Å². The molecule has 0 aliphatic heterocycles. The number of aromatic nitrogens is 1. The molecule has 1 atom stereocenters. The van der Waals surface area contributed by atoms with Crippen LogP contribution in [0, 0.1) is 0 Å². The molecular weight excluding hydrogens is 288 g/mol. The molecule has 1 saturated carbocycles. The van der Waals surface area contributed by atoms with Gasteiger partial charge in [0.15, 0.2) is 6.10 Å². The Morgan fingerprint density at radius 2 is 2.14 bits per heavy atom. The smallest absolute Gasteiger partial charge is 0.334 e. The van der Waals surface area contributed by atoms with Crippen LogP contribution >= 0.6 is 0 Å². The first-order chi connectivity index (χ1) is 10.6. The summed E-state index contributed by atoms with van der Waals surface area (Å²) < 4.78 is 10.5. The first-order valence-corrected chi connectivity index (χ1v) is 7.26. The van der Waals surface area contributed by atoms with Crippen molar-refractivity contribution in [1.29, 1.82) is 0 Å². The van der Waals surface area contributed by atoms with Gasteiger partial charge in [0.25, 0.3) is 5.91 Å². The van der Waals surface area contributed by atoms with Crippen molar-refractivity contribution in [2.24, 2.45) is 0 Å². The van der Waals surface area contributed by atoms with Crippen molar-refractivity contribution < 1.29 is 24.2 Å². The molecule has 1 amide bonds. The van der Waals surface area contributed by atoms with Crippen molar-refractivity contribution in [3.8, 4) is 5.88 Å². The van der Waals surface area contributed by atoms with Crippen LogP contribution in [0.4, 0.5) is 0 Å². The molecule has 0 spiro atoms. The molecule has 2 N–H and O–H groups in total. The van der Waals surface area contributed by atoms with Gasteiger partial charge in [-0.2, -0.15) is 0 Å². The lowest BCUT2D eigenvalue weighted by Gasteiger charge is -2.13. The second kappa shape index (κ2) is 7.74. The fourth-order valence-corrected chi connectivity index (χ4v) is 2.32. The summed E-state index contributed by atoms with van der Waals surface area (Å²) in [5, 5.41) is 11.3. The monoisotopic (exact) mass is 308 g/mol. The van der Waals surface area contributed by atoms with E-state index in [0.29, 0.717) is 11.4 Å². The van der Waals surface area contributed by atoms with Crippen molar-refractivity contribution in [3.05, 3.63) is 23.9 Å². The van der Waals surface area contributed by atoms with Crippen molar-refractivity contribution in [3.63, 3.8) is 0 Å². The third-order valence-corrected chi connectivity index (χ3v) is 3.60. The number of amides is 1. The lowest BCUT2D eigenvalue weighted by Crippen LogP contribution is -2.37. The summed E-state index contributed by atoms with van der Waals surface area (Å²) >= 11 is 0. The number of hydrogen-bond donors (Lipinski definition) is 2. The standard InChI is InChI=1S/C15H20N2O5/c1-21-12(15(19)20)9-17-14(18)10-6-7-13(16-8-10)22-11-4-2-3-5-11/h6-8,11-12H,2-5,9H2,1H3,(H,17,18)(H,19,20). The number of carbonyl (C=O) groups excluding carboxylic acids is 1. The van der Waals surface area contributed by atoms with E-state index in [-0.39, 0.29) is 12.6 Å². The Labute approximate surface area is 128 Å². The number of pyridine rings is 1. The van der Waals surface area contributed by atoms with Crippen molar-refractivity contribution in [1.82, 2.24) is 10.3 Å². The highest BCUT2D eigenvalue weighted by Crippen LogP contribution is 2.22. The molecule has 0 bridgehead atoms. The van der Waals surface area contributed by atoms with Crippen LogP contribution in [0.5, 0.6) is 5.88 Å². The third kappa shape index (κ3) is 4.42. The Hall–Kier alpha value is -2.15. The predicted octanol–water partition coefficient (Wildman–Crippen LogP) is 1.23. The molecule has 0 aromatic carbocycles. The normalized spacial score (nSPS) is 16.2. The van der Waals surface area contributed by atoms with E-state index in [1.54, 1.807) is 12.1 Å². The molecule has 1 aromatic heterocycles. The van der Waals surface area contributed by atoms with Crippen molar-refractivity contribution in [2.45, 2.75) is 37.9 Å². The second-order valence-electron chi connectivity index (χ2n) is 5.18. The number of aliphatic carboxylic acids is 1. The first kappa shape index (κ1) is 16.2. The van der Waals surface area contributed by atoms with Gasteiger partial charge in [0.05, 0.1) is 12.1 Å². The molecule has 0 saturated heterocycles. The molecule has 120 valence electrons. The van der Waals surface area contributed by atoms with Crippen LogP contribution in [0.1, 0.15) is 36.0 Å². The summed E-state index contributed by atoms with van der Waals surface area (Å²) in [6.45, 7) is -0.106. The summed E-state index contributed by atoms with van der Waals surface area (Å²) in [6, 6.07) is 3.26. The van der Waals surface area contributed by atoms with E-state index in [9.17, 15) is 9.59 Å². The maximum absolute atomic E-state index is 11.9. The van der Waals surface area contributed by atoms with E-state index in [1.165, 1.54) is 26.1 Å². The summed E-state index contributed by atoms with van der Waals surface area (Å²) in [7, 11) is 1.28. The highest BCUT2D eigenvalue weighted by atomic mass is 16.5. The van der Waals surface area contributed by atoms with E-state index in [2.05, 4.69) is 10.3 Å². The molecule has 1 fully saturated rings. The van der Waals surface area contributed by atoms with Crippen molar-refractivity contribution >= 4 is 11.9 Å². The molecule has 1 aromatic rings. The average Bonchev–Trinajstić information content (AvgIpc) is 3.01. The second-order valence-corrected chi connectivity index (χ2v) is 5.18. The fraction of sp³-hybridized carbons (Fsp3) is 0.533. The number of nitrogens with one attached hydrogen (secondary N) is 1. The van der Waals surface area contributed by atoms with Gasteiger partial charge in [-0.15, -0.1) is 0 Å². The Morgan fingerprint density at radius 3 is 2.68 bits per heavy atom. The number of carbonyl (C=O) groups is 2. The molecular formula is C15H20N2O5. The van der Waals surface area contributed by atoms with Gasteiger partial charge >= 0.3 is 5.97 Å². The summed E-state index contributed by atoms with van der Waals surface area (Å²) in [5.74, 6) is -1.02. The highest BCUT2D eigenvalue weighted by molar-refractivity contribution is 5.94. The van der Waals surface area contributed by atoms with E-state index < -0.39 is 18.0 Å². The number of methoxy groups -OCH3 is 1. The molecule has 1 unspecified atom stereocenters. The lowest BCUT2D eigenvalue weighted by molar-refractivity contribution is -0.148. The minimum Gasteiger partial charge on any atom is -0.479 e. The zero-order valence-corrected chi connectivity index (χ0v) is 12.4. The molecule has 1 heterocycles. The van der Waals surface area contributed by atoms with Gasteiger partial charge in [-0.25, -0.2) is 9.78 Å². The van der Waals surface area contributed by atoms with E-state index >= 15 is 0 Å². The Morgan fingerprint density at radius 1 is 1.41 bits per heavy atom. The number of nitrogens with zero attached hydrogens (tertiary/aromatic N) is 1. The average molecular weight is 308 g/mol. The molecule has 1 aliphatic carbocycles. The number of carboxylic acids is 1. The largest absolute Gasteiger partial charge is 0.479 e. The summed E-state index contributed by atoms with van der Waals surface area (Å²) in [6.07, 6.45) is 4.99. The summed E-state index contributed by atoms with van der Waals surface area (Å²) in [5.41, 5.74) is 0.346. The molecule has 7 heteroatoms. The van der Waals surface area contributed by atoms with Crippen LogP contribution in [0.3, 0.4) is 0 Å². The SMILES string of the molecule is COC(CNC(=O)c1ccc(OC2CCCC2)nc1)C(=O)O. The first-order valence-electron chi connectivity index (χ1n) is 7.26. The van der Waals surface area contributed by atoms with E-state index in [4.69, 9.17) is 14.6 Å². The minimum atomic E-state index is -1.12.